The summed E-state index contributed by atoms with van der Waals surface area (Å²) in [7, 11) is 0. The van der Waals surface area contributed by atoms with Crippen LogP contribution in [0, 0.1) is 12.3 Å². The lowest BCUT2D eigenvalue weighted by Gasteiger charge is -2.52. The second-order valence-corrected chi connectivity index (χ2v) is 5.67. The maximum atomic E-state index is 6.12. The van der Waals surface area contributed by atoms with Gasteiger partial charge in [0.15, 0.2) is 0 Å². The molecule has 2 rings (SSSR count). The van der Waals surface area contributed by atoms with Crippen LogP contribution in [0.15, 0.2) is 11.4 Å². The molecule has 1 heterocycles. The first-order chi connectivity index (χ1) is 6.59. The molecule has 1 saturated carbocycles. The van der Waals surface area contributed by atoms with Gasteiger partial charge < -0.3 is 5.73 Å². The van der Waals surface area contributed by atoms with E-state index in [1.165, 1.54) is 18.4 Å². The van der Waals surface area contributed by atoms with Gasteiger partial charge in [-0.05, 0) is 42.2 Å². The molecule has 1 aromatic heterocycles. The summed E-state index contributed by atoms with van der Waals surface area (Å²) in [5.41, 5.74) is 7.91. The molecule has 0 radical (unpaired) electrons. The van der Waals surface area contributed by atoms with E-state index in [4.69, 9.17) is 5.73 Å². The molecule has 3 unspecified atom stereocenters. The van der Waals surface area contributed by atoms with Crippen molar-refractivity contribution in [3.8, 4) is 0 Å². The highest BCUT2D eigenvalue weighted by Gasteiger charge is 2.49. The van der Waals surface area contributed by atoms with Crippen LogP contribution in [0.5, 0.6) is 0 Å². The molecule has 1 aromatic rings. The fourth-order valence-electron chi connectivity index (χ4n) is 2.55. The highest BCUT2D eigenvalue weighted by molar-refractivity contribution is 7.10. The minimum atomic E-state index is 0.343. The summed E-state index contributed by atoms with van der Waals surface area (Å²) in [6.45, 7) is 6.81. The average molecular weight is 209 g/mol. The lowest BCUT2D eigenvalue weighted by atomic mass is 9.55. The van der Waals surface area contributed by atoms with Gasteiger partial charge in [0.1, 0.15) is 0 Å². The molecule has 1 fully saturated rings. The SMILES string of the molecule is CCC1(C)C(N)CC1c1sccc1C. The molecule has 1 nitrogen and oxygen atoms in total. The van der Waals surface area contributed by atoms with E-state index in [1.54, 1.807) is 4.88 Å². The molecular formula is C12H19NS. The van der Waals surface area contributed by atoms with E-state index in [0.29, 0.717) is 17.4 Å². The van der Waals surface area contributed by atoms with E-state index >= 15 is 0 Å². The zero-order chi connectivity index (χ0) is 10.3. The van der Waals surface area contributed by atoms with Crippen molar-refractivity contribution in [2.75, 3.05) is 0 Å². The first-order valence-corrected chi connectivity index (χ1v) is 6.27. The van der Waals surface area contributed by atoms with Crippen LogP contribution in [0.3, 0.4) is 0 Å². The molecule has 0 aromatic carbocycles. The van der Waals surface area contributed by atoms with Crippen LogP contribution >= 0.6 is 11.3 Å². The minimum absolute atomic E-state index is 0.343. The van der Waals surface area contributed by atoms with E-state index < -0.39 is 0 Å². The Bertz CT molecular complexity index is 331. The van der Waals surface area contributed by atoms with Gasteiger partial charge >= 0.3 is 0 Å². The smallest absolute Gasteiger partial charge is 0.0112 e. The van der Waals surface area contributed by atoms with Crippen LogP contribution in [0.25, 0.3) is 0 Å². The third kappa shape index (κ3) is 1.24. The molecule has 14 heavy (non-hydrogen) atoms. The Morgan fingerprint density at radius 3 is 2.79 bits per heavy atom. The average Bonchev–Trinajstić information content (AvgIpc) is 2.59. The topological polar surface area (TPSA) is 26.0 Å². The fraction of sp³-hybridized carbons (Fsp3) is 0.667. The van der Waals surface area contributed by atoms with Crippen LogP contribution in [0.4, 0.5) is 0 Å². The summed E-state index contributed by atoms with van der Waals surface area (Å²) in [6, 6.07) is 2.62. The van der Waals surface area contributed by atoms with Crippen molar-refractivity contribution >= 4 is 11.3 Å². The highest BCUT2D eigenvalue weighted by Crippen LogP contribution is 2.55. The molecule has 78 valence electrons. The summed E-state index contributed by atoms with van der Waals surface area (Å²) in [5.74, 6) is 0.711. The van der Waals surface area contributed by atoms with Crippen molar-refractivity contribution in [3.63, 3.8) is 0 Å². The number of thiophene rings is 1. The Hall–Kier alpha value is -0.340. The Morgan fingerprint density at radius 2 is 2.36 bits per heavy atom. The molecule has 0 amide bonds. The molecule has 0 saturated heterocycles. The zero-order valence-electron chi connectivity index (χ0n) is 9.21. The van der Waals surface area contributed by atoms with Crippen LogP contribution in [0.1, 0.15) is 43.0 Å². The predicted octanol–water partition coefficient (Wildman–Crippen LogP) is 3.29. The van der Waals surface area contributed by atoms with Crippen molar-refractivity contribution in [1.82, 2.24) is 0 Å². The molecule has 1 aliphatic carbocycles. The molecule has 2 heteroatoms. The Morgan fingerprint density at radius 1 is 1.64 bits per heavy atom. The molecular weight excluding hydrogens is 190 g/mol. The van der Waals surface area contributed by atoms with Gasteiger partial charge in [-0.15, -0.1) is 11.3 Å². The number of aryl methyl sites for hydroxylation is 1. The third-order valence-corrected chi connectivity index (χ3v) is 5.25. The van der Waals surface area contributed by atoms with E-state index in [2.05, 4.69) is 32.2 Å². The van der Waals surface area contributed by atoms with Crippen molar-refractivity contribution in [2.24, 2.45) is 11.1 Å². The Labute approximate surface area is 90.3 Å². The van der Waals surface area contributed by atoms with E-state index in [9.17, 15) is 0 Å². The molecule has 0 spiro atoms. The standard InChI is InChI=1S/C12H19NS/c1-4-12(3)9(7-10(12)13)11-8(2)5-6-14-11/h5-6,9-10H,4,7,13H2,1-3H3. The van der Waals surface area contributed by atoms with Gasteiger partial charge in [0.05, 0.1) is 0 Å². The van der Waals surface area contributed by atoms with Gasteiger partial charge in [-0.2, -0.15) is 0 Å². The highest BCUT2D eigenvalue weighted by atomic mass is 32.1. The lowest BCUT2D eigenvalue weighted by Crippen LogP contribution is -2.54. The summed E-state index contributed by atoms with van der Waals surface area (Å²) in [6.07, 6.45) is 2.36. The molecule has 1 aliphatic rings. The van der Waals surface area contributed by atoms with Crippen molar-refractivity contribution in [2.45, 2.75) is 45.6 Å². The minimum Gasteiger partial charge on any atom is -0.327 e. The molecule has 2 N–H and O–H groups in total. The first kappa shape index (κ1) is 10.2. The van der Waals surface area contributed by atoms with E-state index in [-0.39, 0.29) is 0 Å². The Balaban J connectivity index is 2.26. The molecule has 0 bridgehead atoms. The van der Waals surface area contributed by atoms with Gasteiger partial charge in [0.2, 0.25) is 0 Å². The maximum Gasteiger partial charge on any atom is 0.0112 e. The van der Waals surface area contributed by atoms with Crippen molar-refractivity contribution < 1.29 is 0 Å². The molecule has 3 atom stereocenters. The third-order valence-electron chi connectivity index (χ3n) is 4.11. The fourth-order valence-corrected chi connectivity index (χ4v) is 3.75. The van der Waals surface area contributed by atoms with Crippen molar-refractivity contribution in [1.29, 1.82) is 0 Å². The number of rotatable bonds is 2. The van der Waals surface area contributed by atoms with Crippen molar-refractivity contribution in [3.05, 3.63) is 21.9 Å². The first-order valence-electron chi connectivity index (χ1n) is 5.39. The normalized spacial score (nSPS) is 36.9. The lowest BCUT2D eigenvalue weighted by molar-refractivity contribution is 0.0725. The number of nitrogens with two attached hydrogens (primary N) is 1. The molecule has 0 aliphatic heterocycles. The van der Waals surface area contributed by atoms with Crippen LogP contribution < -0.4 is 5.73 Å². The van der Waals surface area contributed by atoms with Crippen LogP contribution in [-0.2, 0) is 0 Å². The van der Waals surface area contributed by atoms with Crippen LogP contribution in [0.2, 0.25) is 0 Å². The quantitative estimate of drug-likeness (QED) is 0.794. The Kier molecular flexibility index (Phi) is 2.44. The maximum absolute atomic E-state index is 6.12. The number of hydrogen-bond acceptors (Lipinski definition) is 2. The summed E-state index contributed by atoms with van der Waals surface area (Å²) < 4.78 is 0. The van der Waals surface area contributed by atoms with Gasteiger partial charge in [-0.25, -0.2) is 0 Å². The monoisotopic (exact) mass is 209 g/mol. The second-order valence-electron chi connectivity index (χ2n) is 4.72. The largest absolute Gasteiger partial charge is 0.327 e. The number of hydrogen-bond donors (Lipinski definition) is 1. The van der Waals surface area contributed by atoms with Gasteiger partial charge in [0, 0.05) is 16.8 Å². The van der Waals surface area contributed by atoms with Crippen LogP contribution in [-0.4, -0.2) is 6.04 Å². The second kappa shape index (κ2) is 3.35. The summed E-state index contributed by atoms with van der Waals surface area (Å²) >= 11 is 1.90. The zero-order valence-corrected chi connectivity index (χ0v) is 10.0. The predicted molar refractivity (Wildman–Crippen MR) is 62.8 cm³/mol. The van der Waals surface area contributed by atoms with Gasteiger partial charge in [-0.3, -0.25) is 0 Å². The summed E-state index contributed by atoms with van der Waals surface area (Å²) in [4.78, 5) is 1.57. The van der Waals surface area contributed by atoms with Gasteiger partial charge in [-0.1, -0.05) is 13.8 Å². The van der Waals surface area contributed by atoms with E-state index in [0.717, 1.165) is 0 Å². The summed E-state index contributed by atoms with van der Waals surface area (Å²) in [5, 5.41) is 2.20. The van der Waals surface area contributed by atoms with Gasteiger partial charge in [0.25, 0.3) is 0 Å². The van der Waals surface area contributed by atoms with E-state index in [1.807, 2.05) is 11.3 Å².